The summed E-state index contributed by atoms with van der Waals surface area (Å²) in [4.78, 5) is 32.5. The average molecular weight is 476 g/mol. The number of pyridine rings is 2. The average Bonchev–Trinajstić information content (AvgIpc) is 2.91. The van der Waals surface area contributed by atoms with Crippen LogP contribution in [0.25, 0.3) is 21.9 Å². The van der Waals surface area contributed by atoms with E-state index in [1.807, 2.05) is 18.2 Å². The Kier molecular flexibility index (Phi) is 6.86. The number of esters is 1. The number of methoxy groups -OCH3 is 4. The third-order valence-electron chi connectivity index (χ3n) is 5.45. The molecule has 9 heteroatoms. The predicted molar refractivity (Wildman–Crippen MR) is 130 cm³/mol. The zero-order valence-corrected chi connectivity index (χ0v) is 19.7. The number of aromatic nitrogens is 2. The van der Waals surface area contributed by atoms with E-state index in [0.29, 0.717) is 44.9 Å². The Morgan fingerprint density at radius 1 is 0.914 bits per heavy atom. The molecule has 0 radical (unpaired) electrons. The third-order valence-corrected chi connectivity index (χ3v) is 5.45. The molecule has 0 unspecified atom stereocenters. The van der Waals surface area contributed by atoms with Crippen molar-refractivity contribution in [1.29, 1.82) is 0 Å². The van der Waals surface area contributed by atoms with E-state index < -0.39 is 11.5 Å². The number of benzene rings is 2. The Labute approximate surface area is 201 Å². The lowest BCUT2D eigenvalue weighted by Gasteiger charge is -2.17. The number of nitrogens with zero attached hydrogens (tertiary/aromatic N) is 1. The number of nitrogens with one attached hydrogen (secondary N) is 1. The second-order valence-electron chi connectivity index (χ2n) is 7.43. The molecular formula is C26H24N2O7. The largest absolute Gasteiger partial charge is 0.493 e. The minimum absolute atomic E-state index is 0.00132. The van der Waals surface area contributed by atoms with E-state index in [2.05, 4.69) is 9.97 Å². The summed E-state index contributed by atoms with van der Waals surface area (Å²) in [5.41, 5.74) is 1.30. The Hall–Kier alpha value is -4.53. The van der Waals surface area contributed by atoms with Crippen LogP contribution in [0.2, 0.25) is 0 Å². The fraction of sp³-hybridized carbons (Fsp3) is 0.192. The van der Waals surface area contributed by atoms with Crippen LogP contribution >= 0.6 is 0 Å². The van der Waals surface area contributed by atoms with Crippen molar-refractivity contribution in [3.05, 3.63) is 76.5 Å². The van der Waals surface area contributed by atoms with Crippen LogP contribution in [0, 0.1) is 0 Å². The van der Waals surface area contributed by atoms with Gasteiger partial charge in [-0.15, -0.1) is 0 Å². The fourth-order valence-corrected chi connectivity index (χ4v) is 3.82. The summed E-state index contributed by atoms with van der Waals surface area (Å²) in [6.45, 7) is 0.240. The molecule has 180 valence electrons. The Bertz CT molecular complexity index is 1410. The van der Waals surface area contributed by atoms with Gasteiger partial charge in [0.15, 0.2) is 11.5 Å². The van der Waals surface area contributed by atoms with Gasteiger partial charge in [0.2, 0.25) is 5.75 Å². The first-order valence-electron chi connectivity index (χ1n) is 10.6. The number of hydrogen-bond donors (Lipinski definition) is 1. The zero-order chi connectivity index (χ0) is 24.9. The van der Waals surface area contributed by atoms with E-state index >= 15 is 0 Å². The molecule has 2 aromatic heterocycles. The normalized spacial score (nSPS) is 10.6. The monoisotopic (exact) mass is 476 g/mol. The van der Waals surface area contributed by atoms with Gasteiger partial charge in [-0.2, -0.15) is 0 Å². The molecule has 2 heterocycles. The molecule has 0 atom stereocenters. The first kappa shape index (κ1) is 23.6. The molecule has 0 saturated heterocycles. The first-order valence-corrected chi connectivity index (χ1v) is 10.6. The van der Waals surface area contributed by atoms with Gasteiger partial charge in [0, 0.05) is 11.8 Å². The van der Waals surface area contributed by atoms with E-state index in [-0.39, 0.29) is 12.3 Å². The van der Waals surface area contributed by atoms with E-state index in [1.54, 1.807) is 36.5 Å². The molecule has 35 heavy (non-hydrogen) atoms. The number of fused-ring (bicyclic) bond motifs is 1. The van der Waals surface area contributed by atoms with Crippen LogP contribution in [-0.2, 0) is 11.3 Å². The number of rotatable bonds is 8. The van der Waals surface area contributed by atoms with Crippen LogP contribution in [0.1, 0.15) is 16.2 Å². The summed E-state index contributed by atoms with van der Waals surface area (Å²) in [6.07, 6.45) is 1.68. The van der Waals surface area contributed by atoms with Crippen LogP contribution in [0.15, 0.2) is 59.5 Å². The summed E-state index contributed by atoms with van der Waals surface area (Å²) in [7, 11) is 5.75. The van der Waals surface area contributed by atoms with Gasteiger partial charge in [-0.1, -0.05) is 6.07 Å². The number of H-pyrrole nitrogens is 1. The summed E-state index contributed by atoms with van der Waals surface area (Å²) in [5, 5.41) is 0.855. The van der Waals surface area contributed by atoms with Crippen molar-refractivity contribution in [2.45, 2.75) is 6.61 Å². The molecule has 0 aliphatic heterocycles. The summed E-state index contributed by atoms with van der Waals surface area (Å²) < 4.78 is 27.2. The number of aromatic amines is 1. The van der Waals surface area contributed by atoms with Crippen LogP contribution in [0.5, 0.6) is 23.0 Å². The lowest BCUT2D eigenvalue weighted by Crippen LogP contribution is -2.16. The van der Waals surface area contributed by atoms with Gasteiger partial charge in [-0.05, 0) is 53.4 Å². The van der Waals surface area contributed by atoms with Crippen LogP contribution in [-0.4, -0.2) is 44.4 Å². The van der Waals surface area contributed by atoms with Crippen molar-refractivity contribution < 1.29 is 28.5 Å². The number of carbonyl (C=O) groups excluding carboxylic acids is 1. The minimum atomic E-state index is -0.691. The standard InChI is InChI=1S/C26H24N2O7/c1-31-20-11-15(12-21(32-2)24(20)33-3)22-18-9-8-17(35-14-16-7-5-6-10-27-16)13-19(18)25(29)28-23(22)26(30)34-4/h5-13H,14H2,1-4H3,(H,28,29). The smallest absolute Gasteiger partial charge is 0.355 e. The van der Waals surface area contributed by atoms with E-state index in [0.717, 1.165) is 5.69 Å². The van der Waals surface area contributed by atoms with Gasteiger partial charge in [0.1, 0.15) is 18.1 Å². The molecule has 0 aliphatic rings. The van der Waals surface area contributed by atoms with Gasteiger partial charge in [0.25, 0.3) is 5.56 Å². The highest BCUT2D eigenvalue weighted by Crippen LogP contribution is 2.43. The summed E-state index contributed by atoms with van der Waals surface area (Å²) in [6, 6.07) is 14.0. The summed E-state index contributed by atoms with van der Waals surface area (Å²) >= 11 is 0. The number of ether oxygens (including phenoxy) is 5. The lowest BCUT2D eigenvalue weighted by molar-refractivity contribution is 0.0595. The highest BCUT2D eigenvalue weighted by atomic mass is 16.5. The molecule has 1 N–H and O–H groups in total. The molecule has 0 aliphatic carbocycles. The van der Waals surface area contributed by atoms with E-state index in [9.17, 15) is 9.59 Å². The van der Waals surface area contributed by atoms with Gasteiger partial charge in [-0.3, -0.25) is 9.78 Å². The molecule has 0 fully saturated rings. The van der Waals surface area contributed by atoms with E-state index in [1.165, 1.54) is 28.4 Å². The topological polar surface area (TPSA) is 109 Å². The van der Waals surface area contributed by atoms with Gasteiger partial charge in [0.05, 0.1) is 39.5 Å². The van der Waals surface area contributed by atoms with Crippen molar-refractivity contribution in [1.82, 2.24) is 9.97 Å². The van der Waals surface area contributed by atoms with Crippen LogP contribution < -0.4 is 24.5 Å². The second-order valence-corrected chi connectivity index (χ2v) is 7.43. The highest BCUT2D eigenvalue weighted by molar-refractivity contribution is 6.07. The molecule has 0 amide bonds. The number of hydrogen-bond acceptors (Lipinski definition) is 8. The first-order chi connectivity index (χ1) is 17.0. The molecule has 4 aromatic rings. The molecule has 2 aromatic carbocycles. The Morgan fingerprint density at radius 2 is 1.66 bits per heavy atom. The maximum Gasteiger partial charge on any atom is 0.355 e. The van der Waals surface area contributed by atoms with Crippen molar-refractivity contribution in [2.75, 3.05) is 28.4 Å². The highest BCUT2D eigenvalue weighted by Gasteiger charge is 2.23. The minimum Gasteiger partial charge on any atom is -0.493 e. The Morgan fingerprint density at radius 3 is 2.26 bits per heavy atom. The molecule has 0 spiro atoms. The maximum atomic E-state index is 13.0. The van der Waals surface area contributed by atoms with Crippen LogP contribution in [0.3, 0.4) is 0 Å². The SMILES string of the molecule is COC(=O)c1[nH]c(=O)c2cc(OCc3ccccn3)ccc2c1-c1cc(OC)c(OC)c(OC)c1. The summed E-state index contributed by atoms with van der Waals surface area (Å²) in [5.74, 6) is 0.982. The molecule has 0 saturated carbocycles. The number of carbonyl (C=O) groups is 1. The Balaban J connectivity index is 1.90. The maximum absolute atomic E-state index is 13.0. The molecular weight excluding hydrogens is 452 g/mol. The van der Waals surface area contributed by atoms with Gasteiger partial charge in [-0.25, -0.2) is 4.79 Å². The molecule has 0 bridgehead atoms. The predicted octanol–water partition coefficient (Wildman–Crippen LogP) is 3.98. The second kappa shape index (κ2) is 10.2. The van der Waals surface area contributed by atoms with Crippen molar-refractivity contribution in [3.63, 3.8) is 0 Å². The van der Waals surface area contributed by atoms with Crippen molar-refractivity contribution in [2.24, 2.45) is 0 Å². The molecule has 4 rings (SSSR count). The zero-order valence-electron chi connectivity index (χ0n) is 19.7. The van der Waals surface area contributed by atoms with Crippen molar-refractivity contribution in [3.8, 4) is 34.1 Å². The van der Waals surface area contributed by atoms with Crippen LogP contribution in [0.4, 0.5) is 0 Å². The van der Waals surface area contributed by atoms with Crippen molar-refractivity contribution >= 4 is 16.7 Å². The quantitative estimate of drug-likeness (QED) is 0.381. The third kappa shape index (κ3) is 4.61. The molecule has 9 nitrogen and oxygen atoms in total. The van der Waals surface area contributed by atoms with Gasteiger partial charge >= 0.3 is 5.97 Å². The van der Waals surface area contributed by atoms with Gasteiger partial charge < -0.3 is 28.7 Å². The lowest BCUT2D eigenvalue weighted by atomic mass is 9.96. The van der Waals surface area contributed by atoms with E-state index in [4.69, 9.17) is 23.7 Å². The fourth-order valence-electron chi connectivity index (χ4n) is 3.82.